The van der Waals surface area contributed by atoms with Gasteiger partial charge in [0.15, 0.2) is 6.61 Å². The Bertz CT molecular complexity index is 1340. The molecular formula is C29H31Cl2N3O6. The molecular weight excluding hydrogens is 557 g/mol. The van der Waals surface area contributed by atoms with Crippen LogP contribution < -0.4 is 14.8 Å². The van der Waals surface area contributed by atoms with Crippen molar-refractivity contribution in [1.82, 2.24) is 10.2 Å². The van der Waals surface area contributed by atoms with Crippen LogP contribution in [0.5, 0.6) is 11.5 Å². The molecule has 0 aliphatic carbocycles. The van der Waals surface area contributed by atoms with E-state index in [-0.39, 0.29) is 42.1 Å². The van der Waals surface area contributed by atoms with Gasteiger partial charge in [-0.15, -0.1) is 0 Å². The molecule has 0 radical (unpaired) electrons. The summed E-state index contributed by atoms with van der Waals surface area (Å²) in [6, 6.07) is 17.3. The van der Waals surface area contributed by atoms with Crippen LogP contribution in [0.4, 0.5) is 5.69 Å². The summed E-state index contributed by atoms with van der Waals surface area (Å²) in [5, 5.41) is 15.0. The van der Waals surface area contributed by atoms with Gasteiger partial charge in [0.05, 0.1) is 12.0 Å². The van der Waals surface area contributed by atoms with Crippen LogP contribution in [0.25, 0.3) is 0 Å². The molecule has 0 aliphatic rings. The van der Waals surface area contributed by atoms with E-state index in [1.54, 1.807) is 18.2 Å². The molecule has 0 fully saturated rings. The van der Waals surface area contributed by atoms with Crippen molar-refractivity contribution in [2.24, 2.45) is 0 Å². The number of nitrogens with zero attached hydrogens (tertiary/aromatic N) is 2. The van der Waals surface area contributed by atoms with Gasteiger partial charge in [-0.3, -0.25) is 19.7 Å². The average Bonchev–Trinajstić information content (AvgIpc) is 2.94. The number of hydrogen-bond acceptors (Lipinski definition) is 6. The van der Waals surface area contributed by atoms with Crippen molar-refractivity contribution in [3.05, 3.63) is 98.0 Å². The summed E-state index contributed by atoms with van der Waals surface area (Å²) in [6.45, 7) is 3.44. The fourth-order valence-electron chi connectivity index (χ4n) is 3.96. The van der Waals surface area contributed by atoms with Crippen LogP contribution in [0, 0.1) is 10.1 Å². The Labute approximate surface area is 243 Å². The number of halogens is 2. The number of carbonyl (C=O) groups is 2. The minimum atomic E-state index is -0.884. The van der Waals surface area contributed by atoms with Gasteiger partial charge < -0.3 is 19.7 Å². The Morgan fingerprint density at radius 2 is 1.80 bits per heavy atom. The Morgan fingerprint density at radius 3 is 2.42 bits per heavy atom. The van der Waals surface area contributed by atoms with Crippen molar-refractivity contribution >= 4 is 40.7 Å². The second-order valence-electron chi connectivity index (χ2n) is 9.16. The number of nitro groups is 1. The largest absolute Gasteiger partial charge is 0.490 e. The van der Waals surface area contributed by atoms with E-state index in [0.717, 1.165) is 5.56 Å². The van der Waals surface area contributed by atoms with Crippen molar-refractivity contribution < 1.29 is 24.0 Å². The second-order valence-corrected chi connectivity index (χ2v) is 10.0. The third-order valence-corrected chi connectivity index (χ3v) is 6.93. The number of methoxy groups -OCH3 is 1. The number of carbonyl (C=O) groups excluding carboxylic acids is 2. The summed E-state index contributed by atoms with van der Waals surface area (Å²) in [5.41, 5.74) is 1.24. The first-order valence-corrected chi connectivity index (χ1v) is 13.4. The number of hydrogen-bond donors (Lipinski definition) is 1. The van der Waals surface area contributed by atoms with Gasteiger partial charge in [0.25, 0.3) is 5.91 Å². The molecule has 0 unspecified atom stereocenters. The maximum atomic E-state index is 13.7. The smallest absolute Gasteiger partial charge is 0.311 e. The number of ether oxygens (including phenoxy) is 2. The lowest BCUT2D eigenvalue weighted by Gasteiger charge is -2.32. The standard InChI is InChI=1S/C29H31Cl2N3O6/c1-4-19(2)32-29(36)26(14-20-8-6-5-7-9-20)33(17-21-10-11-22(30)15-24(21)31)28(35)18-40-23-12-13-25(34(37)38)27(16-23)39-3/h5-13,15-16,19,26H,4,14,17-18H2,1-3H3,(H,32,36)/t19-,26+/m0/s1. The first kappa shape index (κ1) is 30.7. The van der Waals surface area contributed by atoms with E-state index < -0.39 is 23.5 Å². The molecule has 2 atom stereocenters. The topological polar surface area (TPSA) is 111 Å². The lowest BCUT2D eigenvalue weighted by molar-refractivity contribution is -0.385. The highest BCUT2D eigenvalue weighted by Crippen LogP contribution is 2.31. The normalized spacial score (nSPS) is 12.2. The van der Waals surface area contributed by atoms with Gasteiger partial charge >= 0.3 is 5.69 Å². The highest BCUT2D eigenvalue weighted by molar-refractivity contribution is 6.35. The van der Waals surface area contributed by atoms with Crippen molar-refractivity contribution in [2.75, 3.05) is 13.7 Å². The monoisotopic (exact) mass is 587 g/mol. The summed E-state index contributed by atoms with van der Waals surface area (Å²) in [6.07, 6.45) is 0.969. The predicted molar refractivity (Wildman–Crippen MR) is 154 cm³/mol. The summed E-state index contributed by atoms with van der Waals surface area (Å²) in [7, 11) is 1.30. The van der Waals surface area contributed by atoms with Crippen LogP contribution >= 0.6 is 23.2 Å². The van der Waals surface area contributed by atoms with Gasteiger partial charge in [0.2, 0.25) is 11.7 Å². The molecule has 3 aromatic rings. The SMILES string of the molecule is CC[C@H](C)NC(=O)[C@@H](Cc1ccccc1)N(Cc1ccc(Cl)cc1Cl)C(=O)COc1ccc([N+](=O)[O-])c(OC)c1. The van der Waals surface area contributed by atoms with E-state index in [1.807, 2.05) is 44.2 Å². The molecule has 3 rings (SSSR count). The fraction of sp³-hybridized carbons (Fsp3) is 0.310. The van der Waals surface area contributed by atoms with Crippen LogP contribution in [0.3, 0.4) is 0 Å². The molecule has 2 amide bonds. The molecule has 0 heterocycles. The maximum absolute atomic E-state index is 13.7. The van der Waals surface area contributed by atoms with Gasteiger partial charge in [0.1, 0.15) is 11.8 Å². The van der Waals surface area contributed by atoms with Crippen LogP contribution in [0.1, 0.15) is 31.4 Å². The highest BCUT2D eigenvalue weighted by atomic mass is 35.5. The fourth-order valence-corrected chi connectivity index (χ4v) is 4.42. The Balaban J connectivity index is 1.95. The molecule has 0 aromatic heterocycles. The quantitative estimate of drug-likeness (QED) is 0.198. The van der Waals surface area contributed by atoms with Crippen LogP contribution in [-0.2, 0) is 22.6 Å². The van der Waals surface area contributed by atoms with Crippen LogP contribution in [-0.4, -0.2) is 47.4 Å². The summed E-state index contributed by atoms with van der Waals surface area (Å²) >= 11 is 12.5. The lowest BCUT2D eigenvalue weighted by atomic mass is 10.0. The second kappa shape index (κ2) is 14.5. The Hall–Kier alpha value is -3.82. The summed E-state index contributed by atoms with van der Waals surface area (Å²) < 4.78 is 10.8. The van der Waals surface area contributed by atoms with Gasteiger partial charge in [0, 0.05) is 41.2 Å². The van der Waals surface area contributed by atoms with E-state index in [9.17, 15) is 19.7 Å². The zero-order valence-electron chi connectivity index (χ0n) is 22.4. The van der Waals surface area contributed by atoms with Gasteiger partial charge in [-0.25, -0.2) is 0 Å². The molecule has 0 bridgehead atoms. The summed E-state index contributed by atoms with van der Waals surface area (Å²) in [5.74, 6) is -0.601. The molecule has 0 saturated heterocycles. The first-order valence-electron chi connectivity index (χ1n) is 12.7. The van der Waals surface area contributed by atoms with Crippen molar-refractivity contribution in [3.63, 3.8) is 0 Å². The molecule has 40 heavy (non-hydrogen) atoms. The Morgan fingerprint density at radius 1 is 1.07 bits per heavy atom. The zero-order valence-corrected chi connectivity index (χ0v) is 23.9. The van der Waals surface area contributed by atoms with Crippen molar-refractivity contribution in [3.8, 4) is 11.5 Å². The van der Waals surface area contributed by atoms with E-state index in [1.165, 1.54) is 30.2 Å². The minimum absolute atomic E-state index is 0.00497. The minimum Gasteiger partial charge on any atom is -0.490 e. The number of rotatable bonds is 13. The third-order valence-electron chi connectivity index (χ3n) is 6.34. The molecule has 1 N–H and O–H groups in total. The number of nitro benzene ring substituents is 1. The Kier molecular flexibility index (Phi) is 11.2. The molecule has 212 valence electrons. The van der Waals surface area contributed by atoms with Crippen LogP contribution in [0.15, 0.2) is 66.7 Å². The van der Waals surface area contributed by atoms with Crippen molar-refractivity contribution in [1.29, 1.82) is 0 Å². The number of amides is 2. The molecule has 0 saturated carbocycles. The zero-order chi connectivity index (χ0) is 29.2. The maximum Gasteiger partial charge on any atom is 0.311 e. The molecule has 3 aromatic carbocycles. The molecule has 0 spiro atoms. The van der Waals surface area contributed by atoms with Crippen LogP contribution in [0.2, 0.25) is 10.0 Å². The lowest BCUT2D eigenvalue weighted by Crippen LogP contribution is -2.53. The molecule has 0 aliphatic heterocycles. The number of benzene rings is 3. The predicted octanol–water partition coefficient (Wildman–Crippen LogP) is 5.84. The van der Waals surface area contributed by atoms with Gasteiger partial charge in [-0.2, -0.15) is 0 Å². The van der Waals surface area contributed by atoms with Gasteiger partial charge in [-0.1, -0.05) is 66.5 Å². The van der Waals surface area contributed by atoms with E-state index in [4.69, 9.17) is 32.7 Å². The van der Waals surface area contributed by atoms with Gasteiger partial charge in [-0.05, 0) is 42.7 Å². The van der Waals surface area contributed by atoms with E-state index >= 15 is 0 Å². The molecule has 11 heteroatoms. The average molecular weight is 588 g/mol. The molecule has 9 nitrogen and oxygen atoms in total. The van der Waals surface area contributed by atoms with Crippen molar-refractivity contribution in [2.45, 2.75) is 45.3 Å². The number of nitrogens with one attached hydrogen (secondary N) is 1. The summed E-state index contributed by atoms with van der Waals surface area (Å²) in [4.78, 5) is 39.4. The first-order chi connectivity index (χ1) is 19.1. The highest BCUT2D eigenvalue weighted by Gasteiger charge is 2.32. The third kappa shape index (κ3) is 8.34. The van der Waals surface area contributed by atoms with E-state index in [0.29, 0.717) is 22.0 Å². The van der Waals surface area contributed by atoms with E-state index in [2.05, 4.69) is 5.32 Å².